The molecule has 0 N–H and O–H groups in total. The molecule has 0 bridgehead atoms. The molecule has 0 spiro atoms. The third kappa shape index (κ3) is 20.1. The topological polar surface area (TPSA) is 6.48 Å². The van der Waals surface area contributed by atoms with E-state index < -0.39 is 0 Å². The van der Waals surface area contributed by atoms with Crippen molar-refractivity contribution in [3.63, 3.8) is 0 Å². The zero-order valence-corrected chi connectivity index (χ0v) is 13.5. The first-order valence-electron chi connectivity index (χ1n) is 5.55. The number of hydrogen-bond donors (Lipinski definition) is 0. The maximum atomic E-state index is 5.03. The van der Waals surface area contributed by atoms with Crippen molar-refractivity contribution >= 4 is 34.4 Å². The smallest absolute Gasteiger partial charge is 0.0799 e. The Morgan fingerprint density at radius 3 is 1.10 bits per heavy atom. The molecule has 0 atom stereocenters. The highest BCUT2D eigenvalue weighted by molar-refractivity contribution is 7.80. The Morgan fingerprint density at radius 2 is 1.10 bits per heavy atom. The van der Waals surface area contributed by atoms with Crippen LogP contribution >= 0.6 is 24.4 Å². The van der Waals surface area contributed by atoms with E-state index in [1.807, 2.05) is 33.0 Å². The standard InChI is InChI=1S/2C6H13NS.4CH4/c1-5(2)6(8)7(3)4;1-5(2)7(4)6(3)8;;;;/h2*5H,1-4H3;4*1H4. The van der Waals surface area contributed by atoms with Crippen LogP contribution in [0.25, 0.3) is 0 Å². The van der Waals surface area contributed by atoms with Crippen molar-refractivity contribution in [1.29, 1.82) is 0 Å². The van der Waals surface area contributed by atoms with Gasteiger partial charge in [0, 0.05) is 33.1 Å². The summed E-state index contributed by atoms with van der Waals surface area (Å²) >= 11 is 9.95. The molecule has 0 aromatic rings. The molecular weight excluding hydrogens is 284 g/mol. The van der Waals surface area contributed by atoms with Gasteiger partial charge in [-0.05, 0) is 20.8 Å². The van der Waals surface area contributed by atoms with Crippen molar-refractivity contribution in [2.75, 3.05) is 21.1 Å². The molecule has 0 aromatic heterocycles. The summed E-state index contributed by atoms with van der Waals surface area (Å²) in [6, 6.07) is 0.535. The van der Waals surface area contributed by atoms with Gasteiger partial charge in [0.05, 0.1) is 9.98 Å². The first-order valence-corrected chi connectivity index (χ1v) is 6.37. The van der Waals surface area contributed by atoms with Crippen molar-refractivity contribution in [3.8, 4) is 0 Å². The molecule has 0 saturated carbocycles. The van der Waals surface area contributed by atoms with Gasteiger partial charge >= 0.3 is 0 Å². The maximum absolute atomic E-state index is 5.03. The predicted octanol–water partition coefficient (Wildman–Crippen LogP) is 5.75. The SMILES string of the molecule is C.C.C.C.CC(=S)N(C)C(C)C.CC(C)C(=S)N(C)C. The van der Waals surface area contributed by atoms with Gasteiger partial charge in [-0.15, -0.1) is 0 Å². The van der Waals surface area contributed by atoms with Gasteiger partial charge < -0.3 is 9.80 Å². The normalized spacial score (nSPS) is 7.70. The van der Waals surface area contributed by atoms with E-state index in [1.54, 1.807) is 0 Å². The quantitative estimate of drug-likeness (QED) is 0.596. The molecule has 0 fully saturated rings. The summed E-state index contributed by atoms with van der Waals surface area (Å²) in [4.78, 5) is 6.01. The molecule has 0 aliphatic heterocycles. The summed E-state index contributed by atoms with van der Waals surface area (Å²) in [7, 11) is 5.96. The Labute approximate surface area is 141 Å². The summed E-state index contributed by atoms with van der Waals surface area (Å²) in [6.07, 6.45) is 0. The molecule has 0 aliphatic carbocycles. The lowest BCUT2D eigenvalue weighted by atomic mass is 10.2. The van der Waals surface area contributed by atoms with Crippen molar-refractivity contribution in [2.24, 2.45) is 5.92 Å². The lowest BCUT2D eigenvalue weighted by molar-refractivity contribution is 0.422. The van der Waals surface area contributed by atoms with Crippen LogP contribution < -0.4 is 0 Å². The third-order valence-corrected chi connectivity index (χ3v) is 3.33. The van der Waals surface area contributed by atoms with Gasteiger partial charge in [-0.1, -0.05) is 68.0 Å². The maximum Gasteiger partial charge on any atom is 0.0799 e. The Hall–Kier alpha value is -0.220. The van der Waals surface area contributed by atoms with Crippen molar-refractivity contribution in [3.05, 3.63) is 0 Å². The van der Waals surface area contributed by atoms with Crippen LogP contribution in [0.3, 0.4) is 0 Å². The minimum atomic E-state index is 0. The molecule has 0 saturated heterocycles. The minimum absolute atomic E-state index is 0. The van der Waals surface area contributed by atoms with Crippen LogP contribution in [0.5, 0.6) is 0 Å². The molecule has 0 amide bonds. The van der Waals surface area contributed by atoms with Crippen LogP contribution in [0.15, 0.2) is 0 Å². The molecule has 0 aromatic carbocycles. The van der Waals surface area contributed by atoms with Crippen molar-refractivity contribution in [2.45, 2.75) is 70.4 Å². The molecule has 0 aliphatic rings. The highest BCUT2D eigenvalue weighted by atomic mass is 32.1. The van der Waals surface area contributed by atoms with E-state index >= 15 is 0 Å². The second-order valence-electron chi connectivity index (χ2n) is 4.61. The van der Waals surface area contributed by atoms with Gasteiger partial charge in [-0.3, -0.25) is 0 Å². The second kappa shape index (κ2) is 18.8. The molecule has 2 nitrogen and oxygen atoms in total. The monoisotopic (exact) mass is 326 g/mol. The summed E-state index contributed by atoms with van der Waals surface area (Å²) in [6.45, 7) is 10.4. The Kier molecular flexibility index (Phi) is 34.5. The summed E-state index contributed by atoms with van der Waals surface area (Å²) in [5.74, 6) is 0.500. The van der Waals surface area contributed by atoms with Crippen LogP contribution in [-0.2, 0) is 0 Å². The van der Waals surface area contributed by atoms with Crippen molar-refractivity contribution in [1.82, 2.24) is 9.80 Å². The van der Waals surface area contributed by atoms with E-state index in [0.717, 1.165) is 9.98 Å². The molecule has 128 valence electrons. The van der Waals surface area contributed by atoms with Crippen LogP contribution in [0.1, 0.15) is 64.3 Å². The zero-order chi connectivity index (χ0) is 13.5. The van der Waals surface area contributed by atoms with Crippen LogP contribution in [0.2, 0.25) is 0 Å². The molecule has 0 radical (unpaired) electrons. The zero-order valence-electron chi connectivity index (χ0n) is 11.9. The Morgan fingerprint density at radius 1 is 0.800 bits per heavy atom. The molecular formula is C16H42N2S2. The van der Waals surface area contributed by atoms with Crippen molar-refractivity contribution < 1.29 is 0 Å². The van der Waals surface area contributed by atoms with Crippen LogP contribution in [-0.4, -0.2) is 47.0 Å². The molecule has 0 unspecified atom stereocenters. The molecule has 0 heterocycles. The van der Waals surface area contributed by atoms with E-state index in [2.05, 4.69) is 32.6 Å². The van der Waals surface area contributed by atoms with Gasteiger partial charge in [0.15, 0.2) is 0 Å². The molecule has 20 heavy (non-hydrogen) atoms. The van der Waals surface area contributed by atoms with E-state index in [1.165, 1.54) is 0 Å². The van der Waals surface area contributed by atoms with E-state index in [0.29, 0.717) is 12.0 Å². The number of thiocarbonyl (C=S) groups is 2. The van der Waals surface area contributed by atoms with E-state index in [9.17, 15) is 0 Å². The van der Waals surface area contributed by atoms with Gasteiger partial charge in [0.1, 0.15) is 0 Å². The first-order chi connectivity index (χ1) is 7.11. The average molecular weight is 327 g/mol. The first kappa shape index (κ1) is 36.7. The van der Waals surface area contributed by atoms with Gasteiger partial charge in [-0.2, -0.15) is 0 Å². The average Bonchev–Trinajstić information content (AvgIpc) is 2.15. The van der Waals surface area contributed by atoms with E-state index in [-0.39, 0.29) is 29.7 Å². The van der Waals surface area contributed by atoms with Gasteiger partial charge in [0.2, 0.25) is 0 Å². The van der Waals surface area contributed by atoms with Crippen LogP contribution in [0.4, 0.5) is 0 Å². The predicted molar refractivity (Wildman–Crippen MR) is 109 cm³/mol. The molecule has 4 heteroatoms. The fraction of sp³-hybridized carbons (Fsp3) is 0.875. The Balaban J connectivity index is -0.0000000408. The second-order valence-corrected chi connectivity index (χ2v) is 5.62. The minimum Gasteiger partial charge on any atom is -0.372 e. The van der Waals surface area contributed by atoms with Crippen LogP contribution in [0, 0.1) is 5.92 Å². The summed E-state index contributed by atoms with van der Waals surface area (Å²) in [5, 5.41) is 0. The fourth-order valence-corrected chi connectivity index (χ4v) is 1.09. The fourth-order valence-electron chi connectivity index (χ4n) is 0.880. The number of hydrogen-bond acceptors (Lipinski definition) is 2. The third-order valence-electron chi connectivity index (χ3n) is 2.21. The summed E-state index contributed by atoms with van der Waals surface area (Å²) in [5.41, 5.74) is 0. The molecule has 0 rings (SSSR count). The van der Waals surface area contributed by atoms with E-state index in [4.69, 9.17) is 24.4 Å². The number of rotatable bonds is 2. The lowest BCUT2D eigenvalue weighted by Gasteiger charge is -2.21. The summed E-state index contributed by atoms with van der Waals surface area (Å²) < 4.78 is 0. The lowest BCUT2D eigenvalue weighted by Crippen LogP contribution is -2.29. The number of nitrogens with zero attached hydrogens (tertiary/aromatic N) is 2. The highest BCUT2D eigenvalue weighted by Crippen LogP contribution is 1.98. The largest absolute Gasteiger partial charge is 0.372 e. The highest BCUT2D eigenvalue weighted by Gasteiger charge is 2.02. The van der Waals surface area contributed by atoms with Gasteiger partial charge in [-0.25, -0.2) is 0 Å². The van der Waals surface area contributed by atoms with Gasteiger partial charge in [0.25, 0.3) is 0 Å². The Bertz CT molecular complexity index is 215.